The van der Waals surface area contributed by atoms with Crippen molar-refractivity contribution in [3.63, 3.8) is 0 Å². The lowest BCUT2D eigenvalue weighted by molar-refractivity contribution is -0.274. The van der Waals surface area contributed by atoms with Crippen LogP contribution in [-0.4, -0.2) is 13.4 Å². The molecule has 0 aliphatic rings. The van der Waals surface area contributed by atoms with Gasteiger partial charge < -0.3 is 10.1 Å². The van der Waals surface area contributed by atoms with Gasteiger partial charge in [-0.1, -0.05) is 35.9 Å². The highest BCUT2D eigenvalue weighted by atomic mass is 35.5. The number of anilines is 1. The van der Waals surface area contributed by atoms with Crippen molar-refractivity contribution in [2.75, 3.05) is 12.4 Å². The highest BCUT2D eigenvalue weighted by Gasteiger charge is 2.32. The third-order valence-corrected chi connectivity index (χ3v) is 2.97. The number of alkyl halides is 3. The Bertz CT molecular complexity index is 614. The SMILES string of the molecule is CNc1ccc(-c2ccccc2OC(F)(F)F)c(Cl)c1. The van der Waals surface area contributed by atoms with Gasteiger partial charge >= 0.3 is 6.36 Å². The molecule has 1 N–H and O–H groups in total. The third-order valence-electron chi connectivity index (χ3n) is 2.66. The predicted octanol–water partition coefficient (Wildman–Crippen LogP) is 4.95. The molecule has 0 radical (unpaired) electrons. The fourth-order valence-electron chi connectivity index (χ4n) is 1.79. The maximum Gasteiger partial charge on any atom is 0.573 e. The summed E-state index contributed by atoms with van der Waals surface area (Å²) in [5.41, 5.74) is 1.54. The van der Waals surface area contributed by atoms with Gasteiger partial charge in [0.05, 0.1) is 5.02 Å². The molecule has 2 aromatic carbocycles. The van der Waals surface area contributed by atoms with E-state index in [-0.39, 0.29) is 11.3 Å². The van der Waals surface area contributed by atoms with Crippen molar-refractivity contribution in [1.29, 1.82) is 0 Å². The van der Waals surface area contributed by atoms with E-state index >= 15 is 0 Å². The fourth-order valence-corrected chi connectivity index (χ4v) is 2.07. The molecule has 0 aliphatic heterocycles. The molecule has 0 unspecified atom stereocenters. The number of benzene rings is 2. The number of ether oxygens (including phenoxy) is 1. The van der Waals surface area contributed by atoms with Crippen LogP contribution in [0.4, 0.5) is 18.9 Å². The van der Waals surface area contributed by atoms with Gasteiger partial charge in [-0.25, -0.2) is 0 Å². The van der Waals surface area contributed by atoms with Crippen LogP contribution in [0.3, 0.4) is 0 Å². The zero-order chi connectivity index (χ0) is 14.8. The predicted molar refractivity (Wildman–Crippen MR) is 73.1 cm³/mol. The molecule has 2 aromatic rings. The van der Waals surface area contributed by atoms with Crippen LogP contribution in [0.15, 0.2) is 42.5 Å². The summed E-state index contributed by atoms with van der Waals surface area (Å²) in [4.78, 5) is 0. The second kappa shape index (κ2) is 5.63. The van der Waals surface area contributed by atoms with Crippen LogP contribution in [0.25, 0.3) is 11.1 Å². The highest BCUT2D eigenvalue weighted by Crippen LogP contribution is 2.38. The normalized spacial score (nSPS) is 11.2. The molecule has 2 rings (SSSR count). The first kappa shape index (κ1) is 14.5. The topological polar surface area (TPSA) is 21.3 Å². The second-order valence-corrected chi connectivity index (χ2v) is 4.40. The maximum atomic E-state index is 12.4. The Labute approximate surface area is 119 Å². The Morgan fingerprint density at radius 3 is 2.35 bits per heavy atom. The zero-order valence-electron chi connectivity index (χ0n) is 10.5. The summed E-state index contributed by atoms with van der Waals surface area (Å²) in [6.45, 7) is 0. The molecule has 0 aliphatic carbocycles. The minimum Gasteiger partial charge on any atom is -0.405 e. The minimum absolute atomic E-state index is 0.279. The zero-order valence-corrected chi connectivity index (χ0v) is 11.2. The van der Waals surface area contributed by atoms with Gasteiger partial charge in [0, 0.05) is 23.9 Å². The van der Waals surface area contributed by atoms with Crippen LogP contribution in [0.2, 0.25) is 5.02 Å². The van der Waals surface area contributed by atoms with Crippen molar-refractivity contribution in [3.05, 3.63) is 47.5 Å². The molecular weight excluding hydrogens is 291 g/mol. The van der Waals surface area contributed by atoms with Crippen molar-refractivity contribution >= 4 is 17.3 Å². The fraction of sp³-hybridized carbons (Fsp3) is 0.143. The number of hydrogen-bond acceptors (Lipinski definition) is 2. The van der Waals surface area contributed by atoms with Crippen LogP contribution in [0.5, 0.6) is 5.75 Å². The van der Waals surface area contributed by atoms with Crippen LogP contribution in [0.1, 0.15) is 0 Å². The van der Waals surface area contributed by atoms with Crippen molar-refractivity contribution in [2.45, 2.75) is 6.36 Å². The molecule has 0 saturated carbocycles. The molecule has 0 atom stereocenters. The lowest BCUT2D eigenvalue weighted by Gasteiger charge is -2.14. The van der Waals surface area contributed by atoms with E-state index in [1.807, 2.05) is 0 Å². The average molecular weight is 302 g/mol. The first-order chi connectivity index (χ1) is 9.40. The van der Waals surface area contributed by atoms with Gasteiger partial charge in [0.25, 0.3) is 0 Å². The number of para-hydroxylation sites is 1. The molecule has 106 valence electrons. The highest BCUT2D eigenvalue weighted by molar-refractivity contribution is 6.33. The third kappa shape index (κ3) is 3.36. The summed E-state index contributed by atoms with van der Waals surface area (Å²) >= 11 is 6.11. The van der Waals surface area contributed by atoms with Gasteiger partial charge in [-0.2, -0.15) is 0 Å². The largest absolute Gasteiger partial charge is 0.573 e. The summed E-state index contributed by atoms with van der Waals surface area (Å²) in [6.07, 6.45) is -4.74. The lowest BCUT2D eigenvalue weighted by atomic mass is 10.0. The Balaban J connectivity index is 2.47. The van der Waals surface area contributed by atoms with E-state index in [4.69, 9.17) is 11.6 Å². The van der Waals surface area contributed by atoms with Gasteiger partial charge in [-0.05, 0) is 18.2 Å². The van der Waals surface area contributed by atoms with Gasteiger partial charge in [0.15, 0.2) is 0 Å². The van der Waals surface area contributed by atoms with Crippen molar-refractivity contribution in [1.82, 2.24) is 0 Å². The van der Waals surface area contributed by atoms with Gasteiger partial charge in [0.2, 0.25) is 0 Å². The summed E-state index contributed by atoms with van der Waals surface area (Å²) in [7, 11) is 1.73. The molecule has 0 saturated heterocycles. The standard InChI is InChI=1S/C14H11ClF3NO/c1-19-9-6-7-10(12(15)8-9)11-4-2-3-5-13(11)20-14(16,17)18/h2-8,19H,1H3. The number of halogens is 4. The Morgan fingerprint density at radius 1 is 1.05 bits per heavy atom. The van der Waals surface area contributed by atoms with Crippen molar-refractivity contribution in [2.24, 2.45) is 0 Å². The Morgan fingerprint density at radius 2 is 1.75 bits per heavy atom. The van der Waals surface area contributed by atoms with E-state index in [2.05, 4.69) is 10.1 Å². The van der Waals surface area contributed by atoms with E-state index < -0.39 is 6.36 Å². The molecule has 6 heteroatoms. The van der Waals surface area contributed by atoms with E-state index in [1.165, 1.54) is 18.2 Å². The van der Waals surface area contributed by atoms with Gasteiger partial charge in [0.1, 0.15) is 5.75 Å². The smallest absolute Gasteiger partial charge is 0.405 e. The first-order valence-corrected chi connectivity index (χ1v) is 6.11. The Hall–Kier alpha value is -1.88. The summed E-state index contributed by atoms with van der Waals surface area (Å²) in [5, 5.41) is 3.25. The molecule has 0 bridgehead atoms. The van der Waals surface area contributed by atoms with E-state index in [0.29, 0.717) is 10.6 Å². The summed E-state index contributed by atoms with van der Waals surface area (Å²) < 4.78 is 41.2. The van der Waals surface area contributed by atoms with Crippen LogP contribution >= 0.6 is 11.6 Å². The molecule has 0 heterocycles. The monoisotopic (exact) mass is 301 g/mol. The maximum absolute atomic E-state index is 12.4. The molecule has 0 fully saturated rings. The van der Waals surface area contributed by atoms with Crippen molar-refractivity contribution < 1.29 is 17.9 Å². The van der Waals surface area contributed by atoms with E-state index in [0.717, 1.165) is 5.69 Å². The lowest BCUT2D eigenvalue weighted by Crippen LogP contribution is -2.17. The average Bonchev–Trinajstić information content (AvgIpc) is 2.38. The number of nitrogens with one attached hydrogen (secondary N) is 1. The number of hydrogen-bond donors (Lipinski definition) is 1. The quantitative estimate of drug-likeness (QED) is 0.866. The minimum atomic E-state index is -4.74. The number of rotatable bonds is 3. The van der Waals surface area contributed by atoms with E-state index in [9.17, 15) is 13.2 Å². The molecule has 0 aromatic heterocycles. The van der Waals surface area contributed by atoms with Crippen LogP contribution in [-0.2, 0) is 0 Å². The Kier molecular flexibility index (Phi) is 4.09. The van der Waals surface area contributed by atoms with Gasteiger partial charge in [-0.3, -0.25) is 0 Å². The first-order valence-electron chi connectivity index (χ1n) is 5.73. The second-order valence-electron chi connectivity index (χ2n) is 3.99. The van der Waals surface area contributed by atoms with Gasteiger partial charge in [-0.15, -0.1) is 13.2 Å². The summed E-state index contributed by atoms with van der Waals surface area (Å²) in [6, 6.07) is 10.9. The molecular formula is C14H11ClF3NO. The molecule has 2 nitrogen and oxygen atoms in total. The molecule has 0 spiro atoms. The molecule has 0 amide bonds. The summed E-state index contributed by atoms with van der Waals surface area (Å²) in [5.74, 6) is -0.279. The molecule has 20 heavy (non-hydrogen) atoms. The van der Waals surface area contributed by atoms with Crippen LogP contribution < -0.4 is 10.1 Å². The van der Waals surface area contributed by atoms with Crippen molar-refractivity contribution in [3.8, 4) is 16.9 Å². The van der Waals surface area contributed by atoms with Crippen LogP contribution in [0, 0.1) is 0 Å². The van der Waals surface area contributed by atoms with E-state index in [1.54, 1.807) is 31.3 Å².